The van der Waals surface area contributed by atoms with Crippen molar-refractivity contribution in [3.05, 3.63) is 144 Å². The Hall–Kier alpha value is -3.20. The van der Waals surface area contributed by atoms with Gasteiger partial charge >= 0.3 is 0 Å². The summed E-state index contributed by atoms with van der Waals surface area (Å²) in [6, 6.07) is 42.9. The van der Waals surface area contributed by atoms with E-state index in [-0.39, 0.29) is 12.1 Å². The Morgan fingerprint density at radius 1 is 0.400 bits per heavy atom. The zero-order valence-electron chi connectivity index (χ0n) is 17.1. The van der Waals surface area contributed by atoms with Crippen molar-refractivity contribution < 1.29 is 0 Å². The van der Waals surface area contributed by atoms with Crippen molar-refractivity contribution in [3.63, 3.8) is 0 Å². The zero-order valence-corrected chi connectivity index (χ0v) is 17.1. The third-order valence-corrected chi connectivity index (χ3v) is 5.39. The average Bonchev–Trinajstić information content (AvgIpc) is 2.83. The van der Waals surface area contributed by atoms with Gasteiger partial charge in [-0.1, -0.05) is 121 Å². The fourth-order valence-corrected chi connectivity index (χ4v) is 3.82. The van der Waals surface area contributed by atoms with Crippen LogP contribution >= 0.6 is 0 Å². The number of rotatable bonds is 9. The van der Waals surface area contributed by atoms with Crippen LogP contribution in [0.15, 0.2) is 121 Å². The summed E-state index contributed by atoms with van der Waals surface area (Å²) in [5.74, 6) is 0. The molecule has 0 spiro atoms. The molecule has 0 aliphatic rings. The van der Waals surface area contributed by atoms with Crippen LogP contribution in [0.3, 0.4) is 0 Å². The van der Waals surface area contributed by atoms with Gasteiger partial charge in [-0.25, -0.2) is 0 Å². The molecule has 0 bridgehead atoms. The van der Waals surface area contributed by atoms with Gasteiger partial charge in [-0.3, -0.25) is 0 Å². The van der Waals surface area contributed by atoms with E-state index in [0.29, 0.717) is 0 Å². The lowest BCUT2D eigenvalue weighted by Gasteiger charge is -2.30. The molecule has 0 aliphatic carbocycles. The monoisotopic (exact) mass is 392 g/mol. The molecule has 2 atom stereocenters. The second-order valence-electron chi connectivity index (χ2n) is 7.51. The maximum atomic E-state index is 3.82. The largest absolute Gasteiger partial charge is 0.304 e. The summed E-state index contributed by atoms with van der Waals surface area (Å²) >= 11 is 0. The van der Waals surface area contributed by atoms with Crippen LogP contribution in [0.2, 0.25) is 0 Å². The lowest BCUT2D eigenvalue weighted by molar-refractivity contribution is 0.381. The number of benzene rings is 4. The summed E-state index contributed by atoms with van der Waals surface area (Å²) in [5, 5.41) is 7.65. The Morgan fingerprint density at radius 3 is 1.03 bits per heavy atom. The number of hydrogen-bond donors (Lipinski definition) is 2. The highest BCUT2D eigenvalue weighted by molar-refractivity contribution is 5.28. The molecular weight excluding hydrogens is 364 g/mol. The lowest BCUT2D eigenvalue weighted by atomic mass is 9.92. The molecule has 4 aromatic carbocycles. The smallest absolute Gasteiger partial charge is 0.0521 e. The molecule has 2 heteroatoms. The van der Waals surface area contributed by atoms with Crippen LogP contribution in [-0.2, 0) is 13.1 Å². The molecular formula is C28H28N2. The summed E-state index contributed by atoms with van der Waals surface area (Å²) < 4.78 is 0. The van der Waals surface area contributed by atoms with E-state index in [1.54, 1.807) is 0 Å². The first-order valence-electron chi connectivity index (χ1n) is 10.5. The summed E-state index contributed by atoms with van der Waals surface area (Å²) in [5.41, 5.74) is 5.13. The Bertz CT molecular complexity index is 901. The van der Waals surface area contributed by atoms with Crippen LogP contribution in [0.4, 0.5) is 0 Å². The third-order valence-electron chi connectivity index (χ3n) is 5.39. The van der Waals surface area contributed by atoms with Gasteiger partial charge < -0.3 is 10.6 Å². The first kappa shape index (κ1) is 20.1. The molecule has 4 aromatic rings. The zero-order chi connectivity index (χ0) is 20.4. The van der Waals surface area contributed by atoms with Crippen LogP contribution in [0, 0.1) is 0 Å². The standard InChI is InChI=1S/C28H28N2/c1-5-13-23(14-6-1)21-29-27(25-17-9-3-10-18-25)28(26-19-11-4-12-20-26)30-22-24-15-7-2-8-16-24/h1-20,27-30H,21-22H2/t27-,28?/m0/s1. The van der Waals surface area contributed by atoms with Crippen molar-refractivity contribution >= 4 is 0 Å². The number of hydrogen-bond acceptors (Lipinski definition) is 2. The normalized spacial score (nSPS) is 12.9. The molecule has 0 radical (unpaired) electrons. The Balaban J connectivity index is 1.63. The Labute approximate surface area is 179 Å². The van der Waals surface area contributed by atoms with Gasteiger partial charge in [0.2, 0.25) is 0 Å². The van der Waals surface area contributed by atoms with E-state index >= 15 is 0 Å². The predicted octanol–water partition coefficient (Wildman–Crippen LogP) is 6.05. The maximum Gasteiger partial charge on any atom is 0.0521 e. The topological polar surface area (TPSA) is 24.1 Å². The first-order valence-corrected chi connectivity index (χ1v) is 10.5. The second-order valence-corrected chi connectivity index (χ2v) is 7.51. The SMILES string of the molecule is c1ccc(CNC(c2ccccc2)[C@@H](NCc2ccccc2)c2ccccc2)cc1. The fourth-order valence-electron chi connectivity index (χ4n) is 3.82. The van der Waals surface area contributed by atoms with Crippen LogP contribution in [-0.4, -0.2) is 0 Å². The van der Waals surface area contributed by atoms with Gasteiger partial charge in [0, 0.05) is 13.1 Å². The molecule has 2 nitrogen and oxygen atoms in total. The van der Waals surface area contributed by atoms with Crippen molar-refractivity contribution in [1.82, 2.24) is 10.6 Å². The van der Waals surface area contributed by atoms with Crippen molar-refractivity contribution in [1.29, 1.82) is 0 Å². The molecule has 0 saturated carbocycles. The van der Waals surface area contributed by atoms with Gasteiger partial charge in [0.15, 0.2) is 0 Å². The fraction of sp³-hybridized carbons (Fsp3) is 0.143. The summed E-state index contributed by atoms with van der Waals surface area (Å²) in [6.07, 6.45) is 0. The van der Waals surface area contributed by atoms with E-state index in [0.717, 1.165) is 13.1 Å². The molecule has 0 saturated heterocycles. The molecule has 1 unspecified atom stereocenters. The van der Waals surface area contributed by atoms with E-state index in [1.165, 1.54) is 22.3 Å². The third kappa shape index (κ3) is 5.44. The average molecular weight is 393 g/mol. The van der Waals surface area contributed by atoms with E-state index < -0.39 is 0 Å². The van der Waals surface area contributed by atoms with Crippen LogP contribution in [0.1, 0.15) is 34.3 Å². The summed E-state index contributed by atoms with van der Waals surface area (Å²) in [6.45, 7) is 1.63. The van der Waals surface area contributed by atoms with Gasteiger partial charge in [-0.05, 0) is 22.3 Å². The Kier molecular flexibility index (Phi) is 7.06. The van der Waals surface area contributed by atoms with Crippen molar-refractivity contribution in [2.45, 2.75) is 25.2 Å². The molecule has 4 rings (SSSR count). The molecule has 0 aliphatic heterocycles. The van der Waals surface area contributed by atoms with E-state index in [4.69, 9.17) is 0 Å². The van der Waals surface area contributed by atoms with E-state index in [2.05, 4.69) is 132 Å². The predicted molar refractivity (Wildman–Crippen MR) is 125 cm³/mol. The molecule has 150 valence electrons. The van der Waals surface area contributed by atoms with Crippen LogP contribution in [0.25, 0.3) is 0 Å². The first-order chi connectivity index (χ1) is 14.9. The molecule has 30 heavy (non-hydrogen) atoms. The van der Waals surface area contributed by atoms with Crippen LogP contribution in [0.5, 0.6) is 0 Å². The highest BCUT2D eigenvalue weighted by Crippen LogP contribution is 2.30. The quantitative estimate of drug-likeness (QED) is 0.362. The van der Waals surface area contributed by atoms with E-state index in [9.17, 15) is 0 Å². The van der Waals surface area contributed by atoms with Gasteiger partial charge in [0.1, 0.15) is 0 Å². The van der Waals surface area contributed by atoms with Gasteiger partial charge in [0.25, 0.3) is 0 Å². The molecule has 0 fully saturated rings. The van der Waals surface area contributed by atoms with Crippen molar-refractivity contribution in [2.75, 3.05) is 0 Å². The lowest BCUT2D eigenvalue weighted by Crippen LogP contribution is -2.35. The van der Waals surface area contributed by atoms with Gasteiger partial charge in [-0.2, -0.15) is 0 Å². The van der Waals surface area contributed by atoms with Crippen molar-refractivity contribution in [2.24, 2.45) is 0 Å². The highest BCUT2D eigenvalue weighted by atomic mass is 15.0. The maximum absolute atomic E-state index is 3.82. The molecule has 0 aromatic heterocycles. The van der Waals surface area contributed by atoms with Gasteiger partial charge in [-0.15, -0.1) is 0 Å². The van der Waals surface area contributed by atoms with Gasteiger partial charge in [0.05, 0.1) is 12.1 Å². The minimum absolute atomic E-state index is 0.137. The Morgan fingerprint density at radius 2 is 0.700 bits per heavy atom. The van der Waals surface area contributed by atoms with E-state index in [1.807, 2.05) is 0 Å². The number of nitrogens with one attached hydrogen (secondary N) is 2. The highest BCUT2D eigenvalue weighted by Gasteiger charge is 2.24. The molecule has 0 heterocycles. The molecule has 0 amide bonds. The molecule has 2 N–H and O–H groups in total. The van der Waals surface area contributed by atoms with Crippen LogP contribution < -0.4 is 10.6 Å². The second kappa shape index (κ2) is 10.5. The summed E-state index contributed by atoms with van der Waals surface area (Å²) in [4.78, 5) is 0. The minimum atomic E-state index is 0.137. The summed E-state index contributed by atoms with van der Waals surface area (Å²) in [7, 11) is 0. The van der Waals surface area contributed by atoms with Crippen molar-refractivity contribution in [3.8, 4) is 0 Å². The minimum Gasteiger partial charge on any atom is -0.304 e.